The number of hydrogen-bond acceptors (Lipinski definition) is 5. The van der Waals surface area contributed by atoms with E-state index in [2.05, 4.69) is 10.4 Å². The van der Waals surface area contributed by atoms with Crippen molar-refractivity contribution in [1.82, 2.24) is 9.78 Å². The SMILES string of the molecule is CCOc1cc(C(=O)Nc2ccn(C)n2)cc(OCC)c1OCC. The maximum Gasteiger partial charge on any atom is 0.257 e. The lowest BCUT2D eigenvalue weighted by molar-refractivity contribution is 0.102. The number of rotatable bonds is 8. The highest BCUT2D eigenvalue weighted by Gasteiger charge is 2.18. The van der Waals surface area contributed by atoms with Crippen molar-refractivity contribution in [2.24, 2.45) is 7.05 Å². The topological polar surface area (TPSA) is 74.6 Å². The zero-order valence-electron chi connectivity index (χ0n) is 14.5. The van der Waals surface area contributed by atoms with Crippen molar-refractivity contribution in [3.63, 3.8) is 0 Å². The Morgan fingerprint density at radius 2 is 1.67 bits per heavy atom. The van der Waals surface area contributed by atoms with Crippen molar-refractivity contribution < 1.29 is 19.0 Å². The molecule has 2 rings (SSSR count). The number of benzene rings is 1. The number of aromatic nitrogens is 2. The van der Waals surface area contributed by atoms with Gasteiger partial charge in [-0.05, 0) is 32.9 Å². The summed E-state index contributed by atoms with van der Waals surface area (Å²) < 4.78 is 18.5. The Balaban J connectivity index is 2.35. The van der Waals surface area contributed by atoms with Crippen molar-refractivity contribution >= 4 is 11.7 Å². The van der Waals surface area contributed by atoms with Crippen LogP contribution in [0.15, 0.2) is 24.4 Å². The van der Waals surface area contributed by atoms with Gasteiger partial charge in [0.05, 0.1) is 19.8 Å². The summed E-state index contributed by atoms with van der Waals surface area (Å²) in [6, 6.07) is 5.02. The second-order valence-corrected chi connectivity index (χ2v) is 4.93. The Labute approximate surface area is 141 Å². The Kier molecular flexibility index (Phi) is 6.06. The third kappa shape index (κ3) is 4.18. The van der Waals surface area contributed by atoms with Crippen LogP contribution in [0.4, 0.5) is 5.82 Å². The molecule has 1 heterocycles. The Hall–Kier alpha value is -2.70. The molecule has 0 atom stereocenters. The first-order valence-electron chi connectivity index (χ1n) is 7.96. The number of nitrogens with one attached hydrogen (secondary N) is 1. The van der Waals surface area contributed by atoms with Crippen molar-refractivity contribution in [2.45, 2.75) is 20.8 Å². The van der Waals surface area contributed by atoms with Crippen LogP contribution in [0.5, 0.6) is 17.2 Å². The molecule has 0 saturated heterocycles. The molecule has 1 aromatic carbocycles. The summed E-state index contributed by atoms with van der Waals surface area (Å²) in [6.07, 6.45) is 1.76. The monoisotopic (exact) mass is 333 g/mol. The maximum absolute atomic E-state index is 12.5. The molecule has 1 N–H and O–H groups in total. The lowest BCUT2D eigenvalue weighted by atomic mass is 10.1. The van der Waals surface area contributed by atoms with E-state index in [4.69, 9.17) is 14.2 Å². The van der Waals surface area contributed by atoms with Crippen LogP contribution in [0.2, 0.25) is 0 Å². The molecule has 0 saturated carbocycles. The molecule has 7 heteroatoms. The lowest BCUT2D eigenvalue weighted by Gasteiger charge is -2.16. The minimum atomic E-state index is -0.293. The first kappa shape index (κ1) is 17.7. The van der Waals surface area contributed by atoms with E-state index in [0.29, 0.717) is 48.5 Å². The van der Waals surface area contributed by atoms with Gasteiger partial charge in [-0.2, -0.15) is 5.10 Å². The quantitative estimate of drug-likeness (QED) is 0.804. The van der Waals surface area contributed by atoms with Gasteiger partial charge in [-0.1, -0.05) is 0 Å². The molecule has 0 aliphatic heterocycles. The molecule has 7 nitrogen and oxygen atoms in total. The van der Waals surface area contributed by atoms with Gasteiger partial charge >= 0.3 is 0 Å². The number of aryl methyl sites for hydroxylation is 1. The van der Waals surface area contributed by atoms with Gasteiger partial charge in [-0.3, -0.25) is 9.48 Å². The van der Waals surface area contributed by atoms with Gasteiger partial charge in [0.1, 0.15) is 0 Å². The lowest BCUT2D eigenvalue weighted by Crippen LogP contribution is -2.14. The van der Waals surface area contributed by atoms with E-state index in [1.54, 1.807) is 36.1 Å². The van der Waals surface area contributed by atoms with Gasteiger partial charge in [0.2, 0.25) is 5.75 Å². The van der Waals surface area contributed by atoms with Gasteiger partial charge in [0, 0.05) is 24.9 Å². The number of nitrogens with zero attached hydrogens (tertiary/aromatic N) is 2. The van der Waals surface area contributed by atoms with Gasteiger partial charge in [-0.15, -0.1) is 0 Å². The number of carbonyl (C=O) groups is 1. The molecule has 0 spiro atoms. The maximum atomic E-state index is 12.5. The fourth-order valence-corrected chi connectivity index (χ4v) is 2.19. The largest absolute Gasteiger partial charge is 0.490 e. The molecule has 24 heavy (non-hydrogen) atoms. The molecular formula is C17H23N3O4. The third-order valence-electron chi connectivity index (χ3n) is 3.13. The minimum absolute atomic E-state index is 0.293. The molecule has 1 aromatic heterocycles. The highest BCUT2D eigenvalue weighted by molar-refractivity contribution is 6.04. The van der Waals surface area contributed by atoms with E-state index in [1.807, 2.05) is 20.8 Å². The van der Waals surface area contributed by atoms with E-state index in [-0.39, 0.29) is 5.91 Å². The number of hydrogen-bond donors (Lipinski definition) is 1. The zero-order valence-corrected chi connectivity index (χ0v) is 14.5. The number of carbonyl (C=O) groups excluding carboxylic acids is 1. The number of amides is 1. The molecule has 0 aliphatic rings. The predicted octanol–water partition coefficient (Wildman–Crippen LogP) is 2.87. The van der Waals surface area contributed by atoms with Gasteiger partial charge in [-0.25, -0.2) is 0 Å². The molecule has 130 valence electrons. The number of anilines is 1. The molecule has 0 radical (unpaired) electrons. The second-order valence-electron chi connectivity index (χ2n) is 4.93. The van der Waals surface area contributed by atoms with Crippen LogP contribution in [0.3, 0.4) is 0 Å². The fourth-order valence-electron chi connectivity index (χ4n) is 2.19. The van der Waals surface area contributed by atoms with Gasteiger partial charge < -0.3 is 19.5 Å². The van der Waals surface area contributed by atoms with Crippen molar-refractivity contribution in [1.29, 1.82) is 0 Å². The first-order valence-corrected chi connectivity index (χ1v) is 7.96. The van der Waals surface area contributed by atoms with Crippen LogP contribution < -0.4 is 19.5 Å². The molecular weight excluding hydrogens is 310 g/mol. The Morgan fingerprint density at radius 1 is 1.08 bits per heavy atom. The van der Waals surface area contributed by atoms with Crippen LogP contribution in [0.1, 0.15) is 31.1 Å². The molecule has 0 aliphatic carbocycles. The van der Waals surface area contributed by atoms with E-state index in [0.717, 1.165) is 0 Å². The minimum Gasteiger partial charge on any atom is -0.490 e. The predicted molar refractivity (Wildman–Crippen MR) is 91.1 cm³/mol. The molecule has 2 aromatic rings. The van der Waals surface area contributed by atoms with E-state index >= 15 is 0 Å². The molecule has 0 fully saturated rings. The molecule has 0 unspecified atom stereocenters. The van der Waals surface area contributed by atoms with E-state index in [9.17, 15) is 4.79 Å². The normalized spacial score (nSPS) is 10.3. The highest BCUT2D eigenvalue weighted by atomic mass is 16.5. The standard InChI is InChI=1S/C17H23N3O4/c1-5-22-13-10-12(11-14(23-6-2)16(13)24-7-3)17(21)18-15-8-9-20(4)19-15/h8-11H,5-7H2,1-4H3,(H,18,19,21). The zero-order chi connectivity index (χ0) is 17.5. The smallest absolute Gasteiger partial charge is 0.257 e. The first-order chi connectivity index (χ1) is 11.6. The third-order valence-corrected chi connectivity index (χ3v) is 3.13. The van der Waals surface area contributed by atoms with Gasteiger partial charge in [0.25, 0.3) is 5.91 Å². The fraction of sp³-hybridized carbons (Fsp3) is 0.412. The van der Waals surface area contributed by atoms with Crippen LogP contribution in [0.25, 0.3) is 0 Å². The highest BCUT2D eigenvalue weighted by Crippen LogP contribution is 2.39. The van der Waals surface area contributed by atoms with Crippen LogP contribution >= 0.6 is 0 Å². The second kappa shape index (κ2) is 8.24. The molecule has 0 bridgehead atoms. The summed E-state index contributed by atoms with van der Waals surface area (Å²) in [6.45, 7) is 7.01. The van der Waals surface area contributed by atoms with Crippen molar-refractivity contribution in [2.75, 3.05) is 25.1 Å². The van der Waals surface area contributed by atoms with Crippen molar-refractivity contribution in [3.8, 4) is 17.2 Å². The summed E-state index contributed by atoms with van der Waals surface area (Å²) in [5, 5.41) is 6.88. The van der Waals surface area contributed by atoms with Crippen LogP contribution in [-0.4, -0.2) is 35.5 Å². The summed E-state index contributed by atoms with van der Waals surface area (Å²) in [5.74, 6) is 1.66. The molecule has 1 amide bonds. The van der Waals surface area contributed by atoms with E-state index < -0.39 is 0 Å². The van der Waals surface area contributed by atoms with Crippen molar-refractivity contribution in [3.05, 3.63) is 30.0 Å². The van der Waals surface area contributed by atoms with Gasteiger partial charge in [0.15, 0.2) is 17.3 Å². The van der Waals surface area contributed by atoms with Crippen LogP contribution in [-0.2, 0) is 7.05 Å². The number of ether oxygens (including phenoxy) is 3. The summed E-state index contributed by atoms with van der Waals surface area (Å²) in [7, 11) is 1.78. The average molecular weight is 333 g/mol. The summed E-state index contributed by atoms with van der Waals surface area (Å²) in [5.41, 5.74) is 0.413. The summed E-state index contributed by atoms with van der Waals surface area (Å²) in [4.78, 5) is 12.5. The average Bonchev–Trinajstić information content (AvgIpc) is 2.95. The Bertz CT molecular complexity index is 670. The Morgan fingerprint density at radius 3 is 2.12 bits per heavy atom. The summed E-state index contributed by atoms with van der Waals surface area (Å²) >= 11 is 0. The van der Waals surface area contributed by atoms with Crippen LogP contribution in [0, 0.1) is 0 Å². The van der Waals surface area contributed by atoms with E-state index in [1.165, 1.54) is 0 Å².